The molecule has 1 saturated carbocycles. The van der Waals surface area contributed by atoms with E-state index in [1.807, 2.05) is 0 Å². The van der Waals surface area contributed by atoms with Gasteiger partial charge in [-0.25, -0.2) is 0 Å². The highest BCUT2D eigenvalue weighted by atomic mass is 14.2. The highest BCUT2D eigenvalue weighted by Gasteiger charge is 2.15. The Morgan fingerprint density at radius 2 is 1.83 bits per heavy atom. The van der Waals surface area contributed by atoms with E-state index in [-0.39, 0.29) is 0 Å². The second-order valence-electron chi connectivity index (χ2n) is 3.88. The molecule has 1 aliphatic rings. The van der Waals surface area contributed by atoms with Gasteiger partial charge in [0.05, 0.1) is 0 Å². The minimum atomic E-state index is 0.948. The molecule has 0 aromatic rings. The maximum atomic E-state index is 2.45. The molecule has 12 heavy (non-hydrogen) atoms. The molecule has 0 atom stereocenters. The van der Waals surface area contributed by atoms with Gasteiger partial charge in [-0.3, -0.25) is 0 Å². The molecule has 0 spiro atoms. The van der Waals surface area contributed by atoms with Crippen molar-refractivity contribution in [1.29, 1.82) is 0 Å². The lowest BCUT2D eigenvalue weighted by atomic mass is 9.82. The summed E-state index contributed by atoms with van der Waals surface area (Å²) in [4.78, 5) is 0. The summed E-state index contributed by atoms with van der Waals surface area (Å²) < 4.78 is 0. The molecule has 1 fully saturated rings. The van der Waals surface area contributed by atoms with Crippen LogP contribution >= 0.6 is 0 Å². The smallest absolute Gasteiger partial charge is 0.0203 e. The molecule has 1 rings (SSSR count). The molecule has 1 aliphatic carbocycles. The van der Waals surface area contributed by atoms with Gasteiger partial charge in [0.2, 0.25) is 0 Å². The van der Waals surface area contributed by atoms with Crippen LogP contribution in [0.1, 0.15) is 58.8 Å². The summed E-state index contributed by atoms with van der Waals surface area (Å²) in [6, 6.07) is 0. The van der Waals surface area contributed by atoms with E-state index in [4.69, 9.17) is 0 Å². The van der Waals surface area contributed by atoms with Crippen LogP contribution < -0.4 is 0 Å². The first kappa shape index (κ1) is 9.83. The van der Waals surface area contributed by atoms with E-state index in [0.717, 1.165) is 5.92 Å². The lowest BCUT2D eigenvalue weighted by molar-refractivity contribution is 0.396. The van der Waals surface area contributed by atoms with Crippen LogP contribution in [0.4, 0.5) is 0 Å². The molecule has 0 amide bonds. The Bertz CT molecular complexity index is 138. The first-order chi connectivity index (χ1) is 5.88. The van der Waals surface area contributed by atoms with Crippen LogP contribution in [-0.2, 0) is 0 Å². The molecule has 70 valence electrons. The average molecular weight is 166 g/mol. The molecule has 0 bridgehead atoms. The Morgan fingerprint density at radius 3 is 2.33 bits per heavy atom. The van der Waals surface area contributed by atoms with Crippen LogP contribution in [0.5, 0.6) is 0 Å². The second kappa shape index (κ2) is 5.40. The Balaban J connectivity index is 2.46. The topological polar surface area (TPSA) is 0 Å². The zero-order valence-electron chi connectivity index (χ0n) is 8.60. The summed E-state index contributed by atoms with van der Waals surface area (Å²) in [6.45, 7) is 4.55. The SMILES string of the molecule is CCC=C(CC)C1CCCCC1. The zero-order valence-corrected chi connectivity index (χ0v) is 8.60. The quantitative estimate of drug-likeness (QED) is 0.548. The molecular formula is C12H22. The first-order valence-electron chi connectivity index (χ1n) is 5.57. The van der Waals surface area contributed by atoms with Crippen molar-refractivity contribution in [1.82, 2.24) is 0 Å². The third kappa shape index (κ3) is 2.66. The van der Waals surface area contributed by atoms with Crippen LogP contribution in [-0.4, -0.2) is 0 Å². The van der Waals surface area contributed by atoms with E-state index in [1.54, 1.807) is 5.57 Å². The summed E-state index contributed by atoms with van der Waals surface area (Å²) >= 11 is 0. The molecule has 0 aromatic carbocycles. The van der Waals surface area contributed by atoms with Crippen LogP contribution in [0, 0.1) is 5.92 Å². The Hall–Kier alpha value is -0.260. The molecule has 0 heteroatoms. The van der Waals surface area contributed by atoms with Crippen LogP contribution in [0.25, 0.3) is 0 Å². The summed E-state index contributed by atoms with van der Waals surface area (Å²) in [6.07, 6.45) is 12.3. The van der Waals surface area contributed by atoms with E-state index in [0.29, 0.717) is 0 Å². The zero-order chi connectivity index (χ0) is 8.81. The molecule has 0 radical (unpaired) electrons. The van der Waals surface area contributed by atoms with Gasteiger partial charge in [-0.15, -0.1) is 0 Å². The van der Waals surface area contributed by atoms with E-state index in [1.165, 1.54) is 44.9 Å². The highest BCUT2D eigenvalue weighted by Crippen LogP contribution is 2.31. The molecule has 0 nitrogen and oxygen atoms in total. The third-order valence-corrected chi connectivity index (χ3v) is 3.00. The van der Waals surface area contributed by atoms with Gasteiger partial charge in [0.15, 0.2) is 0 Å². The van der Waals surface area contributed by atoms with Crippen molar-refractivity contribution >= 4 is 0 Å². The number of rotatable bonds is 3. The Labute approximate surface area is 77.1 Å². The van der Waals surface area contributed by atoms with Crippen LogP contribution in [0.15, 0.2) is 11.6 Å². The number of allylic oxidation sites excluding steroid dienone is 2. The maximum absolute atomic E-state index is 2.45. The molecule has 0 aliphatic heterocycles. The average Bonchev–Trinajstić information content (AvgIpc) is 2.15. The van der Waals surface area contributed by atoms with Crippen LogP contribution in [0.2, 0.25) is 0 Å². The fourth-order valence-electron chi connectivity index (χ4n) is 2.34. The fourth-order valence-corrected chi connectivity index (χ4v) is 2.34. The van der Waals surface area contributed by atoms with Gasteiger partial charge < -0.3 is 0 Å². The minimum absolute atomic E-state index is 0.948. The molecule has 0 heterocycles. The summed E-state index contributed by atoms with van der Waals surface area (Å²) in [7, 11) is 0. The molecule has 0 N–H and O–H groups in total. The van der Waals surface area contributed by atoms with Gasteiger partial charge in [0.25, 0.3) is 0 Å². The van der Waals surface area contributed by atoms with E-state index in [2.05, 4.69) is 19.9 Å². The maximum Gasteiger partial charge on any atom is -0.0203 e. The van der Waals surface area contributed by atoms with Crippen molar-refractivity contribution in [3.8, 4) is 0 Å². The summed E-state index contributed by atoms with van der Waals surface area (Å²) in [5.74, 6) is 0.948. The lowest BCUT2D eigenvalue weighted by Crippen LogP contribution is -2.08. The monoisotopic (exact) mass is 166 g/mol. The van der Waals surface area contributed by atoms with Gasteiger partial charge in [0, 0.05) is 0 Å². The normalized spacial score (nSPS) is 21.3. The summed E-state index contributed by atoms with van der Waals surface area (Å²) in [5.41, 5.74) is 1.73. The predicted octanol–water partition coefficient (Wildman–Crippen LogP) is 4.31. The van der Waals surface area contributed by atoms with Crippen LogP contribution in [0.3, 0.4) is 0 Å². The third-order valence-electron chi connectivity index (χ3n) is 3.00. The largest absolute Gasteiger partial charge is 0.0853 e. The van der Waals surface area contributed by atoms with Crippen molar-refractivity contribution in [2.24, 2.45) is 5.92 Å². The molecule has 0 unspecified atom stereocenters. The van der Waals surface area contributed by atoms with Crippen molar-refractivity contribution < 1.29 is 0 Å². The predicted molar refractivity (Wildman–Crippen MR) is 55.2 cm³/mol. The van der Waals surface area contributed by atoms with E-state index in [9.17, 15) is 0 Å². The highest BCUT2D eigenvalue weighted by molar-refractivity contribution is 5.06. The minimum Gasteiger partial charge on any atom is -0.0853 e. The number of hydrogen-bond donors (Lipinski definition) is 0. The van der Waals surface area contributed by atoms with Gasteiger partial charge in [-0.2, -0.15) is 0 Å². The van der Waals surface area contributed by atoms with Gasteiger partial charge in [-0.05, 0) is 31.6 Å². The Kier molecular flexibility index (Phi) is 4.42. The van der Waals surface area contributed by atoms with Crippen molar-refractivity contribution in [3.05, 3.63) is 11.6 Å². The standard InChI is InChI=1S/C12H22/c1-3-8-11(4-2)12-9-6-5-7-10-12/h8,12H,3-7,9-10H2,1-2H3. The number of hydrogen-bond acceptors (Lipinski definition) is 0. The van der Waals surface area contributed by atoms with E-state index < -0.39 is 0 Å². The van der Waals surface area contributed by atoms with Crippen molar-refractivity contribution in [2.45, 2.75) is 58.8 Å². The second-order valence-corrected chi connectivity index (χ2v) is 3.88. The van der Waals surface area contributed by atoms with Gasteiger partial charge >= 0.3 is 0 Å². The fraction of sp³-hybridized carbons (Fsp3) is 0.833. The Morgan fingerprint density at radius 1 is 1.17 bits per heavy atom. The van der Waals surface area contributed by atoms with Crippen molar-refractivity contribution in [2.75, 3.05) is 0 Å². The molecular weight excluding hydrogens is 144 g/mol. The first-order valence-corrected chi connectivity index (χ1v) is 5.57. The van der Waals surface area contributed by atoms with E-state index >= 15 is 0 Å². The molecule has 0 saturated heterocycles. The van der Waals surface area contributed by atoms with Gasteiger partial charge in [0.1, 0.15) is 0 Å². The molecule has 0 aromatic heterocycles. The van der Waals surface area contributed by atoms with Gasteiger partial charge in [-0.1, -0.05) is 44.8 Å². The lowest BCUT2D eigenvalue weighted by Gasteiger charge is -2.23. The summed E-state index contributed by atoms with van der Waals surface area (Å²) in [5, 5.41) is 0. The van der Waals surface area contributed by atoms with Crippen molar-refractivity contribution in [3.63, 3.8) is 0 Å².